The van der Waals surface area contributed by atoms with Crippen LogP contribution >= 0.6 is 0 Å². The van der Waals surface area contributed by atoms with Crippen LogP contribution in [0.25, 0.3) is 0 Å². The van der Waals surface area contributed by atoms with Crippen LogP contribution in [-0.4, -0.2) is 23.0 Å². The van der Waals surface area contributed by atoms with Gasteiger partial charge in [-0.3, -0.25) is 4.79 Å². The van der Waals surface area contributed by atoms with Gasteiger partial charge in [-0.25, -0.2) is 0 Å². The van der Waals surface area contributed by atoms with Crippen LogP contribution in [0.15, 0.2) is 54.6 Å². The summed E-state index contributed by atoms with van der Waals surface area (Å²) in [6.45, 7) is 5.69. The lowest BCUT2D eigenvalue weighted by Crippen LogP contribution is -2.47. The van der Waals surface area contributed by atoms with Crippen LogP contribution in [0.3, 0.4) is 0 Å². The van der Waals surface area contributed by atoms with Crippen molar-refractivity contribution in [3.63, 3.8) is 0 Å². The SMILES string of the molecule is CC(C)(C)N(Cc1ccc(C(F)(F)F)cc1)C(=O)COc1ccccc1. The number of benzene rings is 2. The van der Waals surface area contributed by atoms with Crippen molar-refractivity contribution >= 4 is 5.91 Å². The highest BCUT2D eigenvalue weighted by molar-refractivity contribution is 5.78. The average Bonchev–Trinajstić information content (AvgIpc) is 2.57. The fraction of sp³-hybridized carbons (Fsp3) is 0.350. The molecule has 0 N–H and O–H groups in total. The number of para-hydroxylation sites is 1. The molecule has 0 bridgehead atoms. The maximum atomic E-state index is 12.7. The van der Waals surface area contributed by atoms with Crippen LogP contribution in [0.5, 0.6) is 5.75 Å². The van der Waals surface area contributed by atoms with E-state index in [0.717, 1.165) is 12.1 Å². The van der Waals surface area contributed by atoms with Crippen molar-refractivity contribution < 1.29 is 22.7 Å². The monoisotopic (exact) mass is 365 g/mol. The van der Waals surface area contributed by atoms with Crippen molar-refractivity contribution in [3.05, 3.63) is 65.7 Å². The first-order valence-corrected chi connectivity index (χ1v) is 8.22. The van der Waals surface area contributed by atoms with Crippen LogP contribution in [0.4, 0.5) is 13.2 Å². The lowest BCUT2D eigenvalue weighted by molar-refractivity contribution is -0.139. The van der Waals surface area contributed by atoms with Gasteiger partial charge in [0, 0.05) is 12.1 Å². The second-order valence-electron chi connectivity index (χ2n) is 6.95. The molecule has 6 heteroatoms. The van der Waals surface area contributed by atoms with Gasteiger partial charge in [0.2, 0.25) is 0 Å². The molecule has 0 saturated heterocycles. The molecule has 0 spiro atoms. The van der Waals surface area contributed by atoms with Gasteiger partial charge in [0.1, 0.15) is 5.75 Å². The smallest absolute Gasteiger partial charge is 0.416 e. The number of rotatable bonds is 5. The molecular formula is C20H22F3NO2. The molecule has 0 radical (unpaired) electrons. The number of ether oxygens (including phenoxy) is 1. The highest BCUT2D eigenvalue weighted by atomic mass is 19.4. The maximum Gasteiger partial charge on any atom is 0.416 e. The molecule has 0 saturated carbocycles. The van der Waals surface area contributed by atoms with E-state index < -0.39 is 17.3 Å². The van der Waals surface area contributed by atoms with E-state index in [1.807, 2.05) is 39.0 Å². The van der Waals surface area contributed by atoms with E-state index in [2.05, 4.69) is 0 Å². The number of carbonyl (C=O) groups excluding carboxylic acids is 1. The Morgan fingerprint density at radius 2 is 1.54 bits per heavy atom. The number of hydrogen-bond acceptors (Lipinski definition) is 2. The summed E-state index contributed by atoms with van der Waals surface area (Å²) in [4.78, 5) is 14.2. The Balaban J connectivity index is 2.08. The Kier molecular flexibility index (Phi) is 5.95. The molecule has 0 aliphatic heterocycles. The van der Waals surface area contributed by atoms with E-state index in [4.69, 9.17) is 4.74 Å². The molecule has 0 aliphatic rings. The van der Waals surface area contributed by atoms with Crippen LogP contribution in [0.2, 0.25) is 0 Å². The molecule has 140 valence electrons. The van der Waals surface area contributed by atoms with Gasteiger partial charge in [-0.05, 0) is 50.6 Å². The first-order valence-electron chi connectivity index (χ1n) is 8.22. The van der Waals surface area contributed by atoms with E-state index in [9.17, 15) is 18.0 Å². The van der Waals surface area contributed by atoms with E-state index in [0.29, 0.717) is 11.3 Å². The van der Waals surface area contributed by atoms with Gasteiger partial charge in [-0.15, -0.1) is 0 Å². The van der Waals surface area contributed by atoms with Crippen molar-refractivity contribution in [1.82, 2.24) is 4.90 Å². The van der Waals surface area contributed by atoms with E-state index >= 15 is 0 Å². The molecule has 1 amide bonds. The van der Waals surface area contributed by atoms with Gasteiger partial charge in [-0.2, -0.15) is 13.2 Å². The topological polar surface area (TPSA) is 29.5 Å². The summed E-state index contributed by atoms with van der Waals surface area (Å²) in [7, 11) is 0. The summed E-state index contributed by atoms with van der Waals surface area (Å²) in [5.41, 5.74) is -0.580. The fourth-order valence-corrected chi connectivity index (χ4v) is 2.42. The molecule has 0 unspecified atom stereocenters. The Morgan fingerprint density at radius 3 is 2.04 bits per heavy atom. The van der Waals surface area contributed by atoms with Crippen molar-refractivity contribution in [2.45, 2.75) is 39.0 Å². The number of amides is 1. The molecule has 3 nitrogen and oxygen atoms in total. The summed E-state index contributed by atoms with van der Waals surface area (Å²) < 4.78 is 43.5. The minimum Gasteiger partial charge on any atom is -0.484 e. The Bertz CT molecular complexity index is 719. The predicted octanol–water partition coefficient (Wildman–Crippen LogP) is 4.91. The first kappa shape index (κ1) is 19.8. The standard InChI is InChI=1S/C20H22F3NO2/c1-19(2,3)24(18(25)14-26-17-7-5-4-6-8-17)13-15-9-11-16(12-10-15)20(21,22)23/h4-12H,13-14H2,1-3H3. The van der Waals surface area contributed by atoms with E-state index in [1.54, 1.807) is 17.0 Å². The van der Waals surface area contributed by atoms with Crippen molar-refractivity contribution in [3.8, 4) is 5.75 Å². The molecular weight excluding hydrogens is 343 g/mol. The zero-order valence-corrected chi connectivity index (χ0v) is 15.0. The third-order valence-electron chi connectivity index (χ3n) is 3.84. The van der Waals surface area contributed by atoms with Crippen LogP contribution < -0.4 is 4.74 Å². The molecule has 0 fully saturated rings. The van der Waals surface area contributed by atoms with Crippen molar-refractivity contribution in [1.29, 1.82) is 0 Å². The predicted molar refractivity (Wildman–Crippen MR) is 93.7 cm³/mol. The Morgan fingerprint density at radius 1 is 0.962 bits per heavy atom. The van der Waals surface area contributed by atoms with E-state index in [1.165, 1.54) is 12.1 Å². The molecule has 0 aliphatic carbocycles. The van der Waals surface area contributed by atoms with Crippen molar-refractivity contribution in [2.24, 2.45) is 0 Å². The molecule has 2 rings (SSSR count). The van der Waals surface area contributed by atoms with E-state index in [-0.39, 0.29) is 19.1 Å². The second kappa shape index (κ2) is 7.81. The molecule has 0 heterocycles. The zero-order valence-electron chi connectivity index (χ0n) is 15.0. The fourth-order valence-electron chi connectivity index (χ4n) is 2.42. The van der Waals surface area contributed by atoms with Crippen LogP contribution in [-0.2, 0) is 17.5 Å². The molecule has 2 aromatic carbocycles. The molecule has 26 heavy (non-hydrogen) atoms. The van der Waals surface area contributed by atoms with Gasteiger partial charge in [0.05, 0.1) is 5.56 Å². The summed E-state index contributed by atoms with van der Waals surface area (Å²) in [5.74, 6) is 0.352. The summed E-state index contributed by atoms with van der Waals surface area (Å²) in [5, 5.41) is 0. The lowest BCUT2D eigenvalue weighted by Gasteiger charge is -2.36. The second-order valence-corrected chi connectivity index (χ2v) is 6.95. The third-order valence-corrected chi connectivity index (χ3v) is 3.84. The number of alkyl halides is 3. The Labute approximate surface area is 151 Å². The summed E-state index contributed by atoms with van der Waals surface area (Å²) >= 11 is 0. The largest absolute Gasteiger partial charge is 0.484 e. The number of halogens is 3. The van der Waals surface area contributed by atoms with Gasteiger partial charge in [-0.1, -0.05) is 30.3 Å². The van der Waals surface area contributed by atoms with Crippen LogP contribution in [0, 0.1) is 0 Å². The normalized spacial score (nSPS) is 11.9. The minimum absolute atomic E-state index is 0.137. The lowest BCUT2D eigenvalue weighted by atomic mass is 10.0. The van der Waals surface area contributed by atoms with Crippen LogP contribution in [0.1, 0.15) is 31.9 Å². The summed E-state index contributed by atoms with van der Waals surface area (Å²) in [6, 6.07) is 13.8. The first-order chi connectivity index (χ1) is 12.1. The minimum atomic E-state index is -4.37. The molecule has 0 atom stereocenters. The van der Waals surface area contributed by atoms with Crippen molar-refractivity contribution in [2.75, 3.05) is 6.61 Å². The number of hydrogen-bond donors (Lipinski definition) is 0. The number of nitrogens with zero attached hydrogens (tertiary/aromatic N) is 1. The Hall–Kier alpha value is -2.50. The average molecular weight is 365 g/mol. The maximum absolute atomic E-state index is 12.7. The van der Waals surface area contributed by atoms with Gasteiger partial charge in [0.15, 0.2) is 6.61 Å². The van der Waals surface area contributed by atoms with Gasteiger partial charge < -0.3 is 9.64 Å². The number of carbonyl (C=O) groups is 1. The molecule has 2 aromatic rings. The van der Waals surface area contributed by atoms with Gasteiger partial charge >= 0.3 is 6.18 Å². The quantitative estimate of drug-likeness (QED) is 0.753. The highest BCUT2D eigenvalue weighted by Crippen LogP contribution is 2.29. The zero-order chi connectivity index (χ0) is 19.4. The van der Waals surface area contributed by atoms with Gasteiger partial charge in [0.25, 0.3) is 5.91 Å². The third kappa shape index (κ3) is 5.51. The summed E-state index contributed by atoms with van der Waals surface area (Å²) in [6.07, 6.45) is -4.37. The highest BCUT2D eigenvalue weighted by Gasteiger charge is 2.31. The molecule has 0 aromatic heterocycles.